The molecule has 0 aliphatic carbocycles. The van der Waals surface area contributed by atoms with E-state index in [9.17, 15) is 8.42 Å². The first-order valence-corrected chi connectivity index (χ1v) is 12.3. The monoisotopic (exact) mass is 438 g/mol. The van der Waals surface area contributed by atoms with Crippen molar-refractivity contribution >= 4 is 10.0 Å². The standard InChI is InChI=1S/C25H30N2O3S/c1-20-13-15-21(16-14-20)19-30-18-17-26-24(22-9-5-3-6-10-22)25(27-31(2,28)29)23-11-7-4-8-12-23/h3-16,24-27H,17-19H2,1-2H3/t24-,25-/m1/s1. The highest BCUT2D eigenvalue weighted by atomic mass is 32.2. The summed E-state index contributed by atoms with van der Waals surface area (Å²) in [5, 5.41) is 3.50. The quantitative estimate of drug-likeness (QED) is 0.442. The van der Waals surface area contributed by atoms with Crippen LogP contribution in [0.15, 0.2) is 84.9 Å². The number of hydrogen-bond donors (Lipinski definition) is 2. The third-order valence-electron chi connectivity index (χ3n) is 4.99. The number of rotatable bonds is 11. The number of aryl methyl sites for hydroxylation is 1. The van der Waals surface area contributed by atoms with Gasteiger partial charge in [-0.3, -0.25) is 0 Å². The maximum absolute atomic E-state index is 12.1. The Bertz CT molecular complexity index is 1020. The minimum atomic E-state index is -3.42. The van der Waals surface area contributed by atoms with Gasteiger partial charge in [0.25, 0.3) is 0 Å². The Morgan fingerprint density at radius 3 is 1.90 bits per heavy atom. The van der Waals surface area contributed by atoms with Gasteiger partial charge in [0.15, 0.2) is 0 Å². The molecule has 0 unspecified atom stereocenters. The molecule has 31 heavy (non-hydrogen) atoms. The predicted octanol–water partition coefficient (Wildman–Crippen LogP) is 4.13. The zero-order valence-corrected chi connectivity index (χ0v) is 18.8. The Morgan fingerprint density at radius 1 is 0.806 bits per heavy atom. The van der Waals surface area contributed by atoms with Crippen molar-refractivity contribution in [3.8, 4) is 0 Å². The molecule has 0 aromatic heterocycles. The molecule has 0 spiro atoms. The second kappa shape index (κ2) is 11.2. The maximum atomic E-state index is 12.1. The van der Waals surface area contributed by atoms with Crippen molar-refractivity contribution in [2.24, 2.45) is 0 Å². The summed E-state index contributed by atoms with van der Waals surface area (Å²) < 4.78 is 32.9. The van der Waals surface area contributed by atoms with Crippen LogP contribution in [-0.2, 0) is 21.4 Å². The van der Waals surface area contributed by atoms with Crippen LogP contribution < -0.4 is 10.0 Å². The third-order valence-corrected chi connectivity index (χ3v) is 5.67. The summed E-state index contributed by atoms with van der Waals surface area (Å²) in [6.07, 6.45) is 1.19. The van der Waals surface area contributed by atoms with Crippen LogP contribution in [0.4, 0.5) is 0 Å². The molecule has 2 atom stereocenters. The van der Waals surface area contributed by atoms with Crippen LogP contribution in [0.2, 0.25) is 0 Å². The van der Waals surface area contributed by atoms with E-state index in [-0.39, 0.29) is 6.04 Å². The van der Waals surface area contributed by atoms with Gasteiger partial charge in [0.1, 0.15) is 0 Å². The van der Waals surface area contributed by atoms with Crippen molar-refractivity contribution in [2.75, 3.05) is 19.4 Å². The zero-order valence-electron chi connectivity index (χ0n) is 18.0. The molecule has 164 valence electrons. The normalized spacial score (nSPS) is 13.6. The molecule has 0 aliphatic heterocycles. The molecule has 0 saturated heterocycles. The Hall–Kier alpha value is -2.51. The fourth-order valence-electron chi connectivity index (χ4n) is 3.47. The molecule has 0 heterocycles. The van der Waals surface area contributed by atoms with Crippen molar-refractivity contribution < 1.29 is 13.2 Å². The first-order chi connectivity index (χ1) is 14.9. The molecule has 6 heteroatoms. The van der Waals surface area contributed by atoms with Gasteiger partial charge in [-0.05, 0) is 23.6 Å². The van der Waals surface area contributed by atoms with Gasteiger partial charge < -0.3 is 10.1 Å². The van der Waals surface area contributed by atoms with Gasteiger partial charge >= 0.3 is 0 Å². The summed E-state index contributed by atoms with van der Waals surface area (Å²) in [7, 11) is -3.42. The van der Waals surface area contributed by atoms with Gasteiger partial charge in [-0.25, -0.2) is 13.1 Å². The summed E-state index contributed by atoms with van der Waals surface area (Å²) >= 11 is 0. The van der Waals surface area contributed by atoms with Gasteiger partial charge in [-0.1, -0.05) is 90.5 Å². The largest absolute Gasteiger partial charge is 0.375 e. The highest BCUT2D eigenvalue weighted by molar-refractivity contribution is 7.88. The molecule has 3 aromatic carbocycles. The first kappa shape index (κ1) is 23.2. The number of sulfonamides is 1. The van der Waals surface area contributed by atoms with Crippen LogP contribution in [-0.4, -0.2) is 27.8 Å². The molecule has 0 saturated carbocycles. The highest BCUT2D eigenvalue weighted by Gasteiger charge is 2.27. The zero-order chi connectivity index (χ0) is 22.1. The molecular formula is C25H30N2O3S. The molecule has 3 rings (SSSR count). The van der Waals surface area contributed by atoms with Crippen LogP contribution in [0, 0.1) is 6.92 Å². The van der Waals surface area contributed by atoms with Crippen LogP contribution in [0.3, 0.4) is 0 Å². The van der Waals surface area contributed by atoms with Crippen molar-refractivity contribution in [3.05, 3.63) is 107 Å². The SMILES string of the molecule is Cc1ccc(COCCN[C@H](c2ccccc2)[C@H](NS(C)(=O)=O)c2ccccc2)cc1. The summed E-state index contributed by atoms with van der Waals surface area (Å²) in [6, 6.07) is 27.1. The van der Waals surface area contributed by atoms with Gasteiger partial charge in [0, 0.05) is 6.54 Å². The van der Waals surface area contributed by atoms with Gasteiger partial charge in [-0.2, -0.15) is 0 Å². The summed E-state index contributed by atoms with van der Waals surface area (Å²) in [5.74, 6) is 0. The van der Waals surface area contributed by atoms with E-state index in [2.05, 4.69) is 41.2 Å². The molecule has 0 fully saturated rings. The first-order valence-electron chi connectivity index (χ1n) is 10.4. The van der Waals surface area contributed by atoms with E-state index in [4.69, 9.17) is 4.74 Å². The molecule has 2 N–H and O–H groups in total. The third kappa shape index (κ3) is 7.60. The van der Waals surface area contributed by atoms with Gasteiger partial charge in [-0.15, -0.1) is 0 Å². The fraction of sp³-hybridized carbons (Fsp3) is 0.280. The molecule has 3 aromatic rings. The van der Waals surface area contributed by atoms with E-state index in [1.807, 2.05) is 60.7 Å². The Kier molecular flexibility index (Phi) is 8.37. The fourth-order valence-corrected chi connectivity index (χ4v) is 4.20. The van der Waals surface area contributed by atoms with Crippen LogP contribution in [0.1, 0.15) is 34.3 Å². The van der Waals surface area contributed by atoms with E-state index >= 15 is 0 Å². The van der Waals surface area contributed by atoms with Crippen LogP contribution in [0.25, 0.3) is 0 Å². The van der Waals surface area contributed by atoms with Gasteiger partial charge in [0.2, 0.25) is 10.0 Å². The Morgan fingerprint density at radius 2 is 1.35 bits per heavy atom. The van der Waals surface area contributed by atoms with Crippen molar-refractivity contribution in [3.63, 3.8) is 0 Å². The minimum Gasteiger partial charge on any atom is -0.375 e. The molecule has 0 bridgehead atoms. The van der Waals surface area contributed by atoms with Gasteiger partial charge in [0.05, 0.1) is 31.6 Å². The van der Waals surface area contributed by atoms with E-state index in [1.165, 1.54) is 11.8 Å². The molecule has 0 radical (unpaired) electrons. The van der Waals surface area contributed by atoms with E-state index in [0.717, 1.165) is 16.7 Å². The van der Waals surface area contributed by atoms with Crippen LogP contribution in [0.5, 0.6) is 0 Å². The highest BCUT2D eigenvalue weighted by Crippen LogP contribution is 2.29. The number of ether oxygens (including phenoxy) is 1. The lowest BCUT2D eigenvalue weighted by atomic mass is 9.94. The average molecular weight is 439 g/mol. The summed E-state index contributed by atoms with van der Waals surface area (Å²) in [4.78, 5) is 0. The molecule has 5 nitrogen and oxygen atoms in total. The topological polar surface area (TPSA) is 67.4 Å². The second-order valence-corrected chi connectivity index (χ2v) is 9.44. The number of benzene rings is 3. The molecule has 0 amide bonds. The molecular weight excluding hydrogens is 408 g/mol. The van der Waals surface area contributed by atoms with E-state index < -0.39 is 16.1 Å². The lowest BCUT2D eigenvalue weighted by Crippen LogP contribution is -2.39. The Labute approximate surface area is 185 Å². The van der Waals surface area contributed by atoms with E-state index in [1.54, 1.807) is 0 Å². The second-order valence-electron chi connectivity index (χ2n) is 7.66. The lowest BCUT2D eigenvalue weighted by Gasteiger charge is -2.29. The minimum absolute atomic E-state index is 0.249. The summed E-state index contributed by atoms with van der Waals surface area (Å²) in [5.41, 5.74) is 4.26. The van der Waals surface area contributed by atoms with Crippen LogP contribution >= 0.6 is 0 Å². The summed E-state index contributed by atoms with van der Waals surface area (Å²) in [6.45, 7) is 3.70. The molecule has 0 aliphatic rings. The van der Waals surface area contributed by atoms with E-state index in [0.29, 0.717) is 19.8 Å². The maximum Gasteiger partial charge on any atom is 0.209 e. The smallest absolute Gasteiger partial charge is 0.209 e. The average Bonchev–Trinajstić information content (AvgIpc) is 2.77. The van der Waals surface area contributed by atoms with Crippen molar-refractivity contribution in [1.82, 2.24) is 10.0 Å². The predicted molar refractivity (Wildman–Crippen MR) is 125 cm³/mol. The van der Waals surface area contributed by atoms with Crippen molar-refractivity contribution in [2.45, 2.75) is 25.6 Å². The Balaban J connectivity index is 1.71. The number of hydrogen-bond acceptors (Lipinski definition) is 4. The lowest BCUT2D eigenvalue weighted by molar-refractivity contribution is 0.119. The number of nitrogens with one attached hydrogen (secondary N) is 2. The van der Waals surface area contributed by atoms with Crippen molar-refractivity contribution in [1.29, 1.82) is 0 Å².